The molecule has 0 aliphatic rings. The first-order valence-corrected chi connectivity index (χ1v) is 8.78. The van der Waals surface area contributed by atoms with E-state index in [-0.39, 0.29) is 4.90 Å². The Balaban J connectivity index is 2.29. The second-order valence-corrected chi connectivity index (χ2v) is 7.30. The Hall–Kier alpha value is -1.63. The number of rotatable bonds is 5. The molecule has 0 amide bonds. The molecule has 2 aromatic rings. The van der Waals surface area contributed by atoms with Gasteiger partial charge in [0.1, 0.15) is 0 Å². The Morgan fingerprint density at radius 1 is 1.14 bits per heavy atom. The number of halogens is 2. The zero-order valence-corrected chi connectivity index (χ0v) is 14.3. The smallest absolute Gasteiger partial charge is 0.261 e. The summed E-state index contributed by atoms with van der Waals surface area (Å²) in [6.07, 6.45) is 2.61. The van der Waals surface area contributed by atoms with Gasteiger partial charge in [-0.25, -0.2) is 8.42 Å². The average molecular weight is 401 g/mol. The van der Waals surface area contributed by atoms with E-state index in [2.05, 4.69) is 20.7 Å². The molecule has 0 unspecified atom stereocenters. The third kappa shape index (κ3) is 4.69. The number of sulfonamides is 1. The first-order valence-electron chi connectivity index (χ1n) is 6.13. The van der Waals surface area contributed by atoms with E-state index in [1.54, 1.807) is 36.4 Å². The van der Waals surface area contributed by atoms with E-state index in [0.717, 1.165) is 10.5 Å². The van der Waals surface area contributed by atoms with Crippen LogP contribution in [0.1, 0.15) is 5.56 Å². The van der Waals surface area contributed by atoms with Gasteiger partial charge >= 0.3 is 0 Å². The van der Waals surface area contributed by atoms with Crippen molar-refractivity contribution in [3.8, 4) is 0 Å². The summed E-state index contributed by atoms with van der Waals surface area (Å²) in [5.41, 5.74) is 1.01. The molecule has 0 aliphatic carbocycles. The summed E-state index contributed by atoms with van der Waals surface area (Å²) in [7, 11) is -3.71. The number of nitrogens with one attached hydrogen (secondary N) is 1. The van der Waals surface area contributed by atoms with Crippen molar-refractivity contribution in [1.82, 2.24) is 0 Å². The lowest BCUT2D eigenvalue weighted by molar-refractivity contribution is -0.107. The van der Waals surface area contributed by atoms with Crippen LogP contribution in [-0.4, -0.2) is 13.7 Å². The number of benzene rings is 2. The summed E-state index contributed by atoms with van der Waals surface area (Å²) < 4.78 is 28.0. The predicted molar refractivity (Wildman–Crippen MR) is 91.3 cm³/mol. The molecule has 2 aromatic carbocycles. The quantitative estimate of drug-likeness (QED) is 0.609. The maximum absolute atomic E-state index is 12.4. The molecule has 2 rings (SSSR count). The van der Waals surface area contributed by atoms with Crippen molar-refractivity contribution < 1.29 is 13.2 Å². The molecule has 0 fully saturated rings. The highest BCUT2D eigenvalue weighted by Crippen LogP contribution is 2.20. The van der Waals surface area contributed by atoms with Crippen LogP contribution in [0.2, 0.25) is 0 Å². The lowest BCUT2D eigenvalue weighted by Gasteiger charge is -2.09. The Kier molecular flexibility index (Phi) is 5.39. The molecule has 0 heterocycles. The van der Waals surface area contributed by atoms with Crippen molar-refractivity contribution in [2.45, 2.75) is 4.90 Å². The maximum atomic E-state index is 12.4. The fourth-order valence-corrected chi connectivity index (χ4v) is 3.28. The van der Waals surface area contributed by atoms with Crippen LogP contribution in [0.4, 0.5) is 5.69 Å². The average Bonchev–Trinajstić information content (AvgIpc) is 2.45. The Labute approximate surface area is 142 Å². The molecule has 0 spiro atoms. The van der Waals surface area contributed by atoms with Gasteiger partial charge in [-0.2, -0.15) is 0 Å². The van der Waals surface area contributed by atoms with Crippen LogP contribution in [-0.2, 0) is 14.8 Å². The first-order chi connectivity index (χ1) is 10.4. The molecular weight excluding hydrogens is 390 g/mol. The number of hydrogen-bond donors (Lipinski definition) is 1. The third-order valence-electron chi connectivity index (χ3n) is 2.65. The number of hydrogen-bond acceptors (Lipinski definition) is 3. The molecule has 0 saturated carbocycles. The van der Waals surface area contributed by atoms with E-state index in [9.17, 15) is 13.2 Å². The zero-order chi connectivity index (χ0) is 16.2. The summed E-state index contributed by atoms with van der Waals surface area (Å²) in [6, 6.07) is 13.0. The second kappa shape index (κ2) is 7.09. The Morgan fingerprint density at radius 2 is 1.86 bits per heavy atom. The molecule has 1 N–H and O–H groups in total. The van der Waals surface area contributed by atoms with Gasteiger partial charge in [0.2, 0.25) is 5.24 Å². The van der Waals surface area contributed by atoms with Gasteiger partial charge in [-0.05, 0) is 53.6 Å². The van der Waals surface area contributed by atoms with Gasteiger partial charge in [-0.3, -0.25) is 9.52 Å². The highest BCUT2D eigenvalue weighted by Gasteiger charge is 2.14. The number of anilines is 1. The lowest BCUT2D eigenvalue weighted by Crippen LogP contribution is -2.12. The van der Waals surface area contributed by atoms with E-state index in [1.807, 2.05) is 0 Å². The van der Waals surface area contributed by atoms with Crippen LogP contribution in [0.15, 0.2) is 64.0 Å². The van der Waals surface area contributed by atoms with Gasteiger partial charge < -0.3 is 0 Å². The van der Waals surface area contributed by atoms with Crippen LogP contribution in [0.25, 0.3) is 6.08 Å². The van der Waals surface area contributed by atoms with Crippen molar-refractivity contribution in [2.75, 3.05) is 4.72 Å². The van der Waals surface area contributed by atoms with Gasteiger partial charge in [0.25, 0.3) is 10.0 Å². The van der Waals surface area contributed by atoms with E-state index in [1.165, 1.54) is 18.2 Å². The van der Waals surface area contributed by atoms with E-state index >= 15 is 0 Å². The fraction of sp³-hybridized carbons (Fsp3) is 0. The molecule has 114 valence electrons. The lowest BCUT2D eigenvalue weighted by atomic mass is 10.2. The highest BCUT2D eigenvalue weighted by molar-refractivity contribution is 9.10. The Morgan fingerprint density at radius 3 is 2.55 bits per heavy atom. The molecule has 0 atom stereocenters. The van der Waals surface area contributed by atoms with E-state index in [4.69, 9.17) is 11.6 Å². The van der Waals surface area contributed by atoms with E-state index in [0.29, 0.717) is 11.3 Å². The van der Waals surface area contributed by atoms with Crippen LogP contribution >= 0.6 is 27.5 Å². The van der Waals surface area contributed by atoms with Crippen LogP contribution in [0.5, 0.6) is 0 Å². The molecule has 0 aliphatic heterocycles. The summed E-state index contributed by atoms with van der Waals surface area (Å²) in [4.78, 5) is 10.8. The van der Waals surface area contributed by atoms with Crippen molar-refractivity contribution in [3.05, 3.63) is 64.6 Å². The number of carbonyl (C=O) groups is 1. The number of allylic oxidation sites excluding steroid dienone is 1. The second-order valence-electron chi connectivity index (χ2n) is 4.33. The normalized spacial score (nSPS) is 11.5. The van der Waals surface area contributed by atoms with Crippen molar-refractivity contribution in [3.63, 3.8) is 0 Å². The molecule has 0 radical (unpaired) electrons. The fourth-order valence-electron chi connectivity index (χ4n) is 1.71. The summed E-state index contributed by atoms with van der Waals surface area (Å²) in [5.74, 6) is 0. The minimum Gasteiger partial charge on any atom is -0.280 e. The van der Waals surface area contributed by atoms with Crippen LogP contribution in [0.3, 0.4) is 0 Å². The van der Waals surface area contributed by atoms with Crippen molar-refractivity contribution in [2.24, 2.45) is 0 Å². The summed E-state index contributed by atoms with van der Waals surface area (Å²) in [6.45, 7) is 0. The minimum atomic E-state index is -3.71. The molecule has 4 nitrogen and oxygen atoms in total. The SMILES string of the molecule is O=C(Cl)C=Cc1cccc(S(=O)(=O)Nc2cccc(Br)c2)c1. The van der Waals surface area contributed by atoms with Crippen LogP contribution in [0, 0.1) is 0 Å². The van der Waals surface area contributed by atoms with Crippen LogP contribution < -0.4 is 4.72 Å². The van der Waals surface area contributed by atoms with Crippen molar-refractivity contribution >= 4 is 54.6 Å². The topological polar surface area (TPSA) is 63.2 Å². The summed E-state index contributed by atoms with van der Waals surface area (Å²) >= 11 is 8.50. The standard InChI is InChI=1S/C15H11BrClNO3S/c16-12-4-2-5-13(10-12)18-22(20,21)14-6-1-3-11(9-14)7-8-15(17)19/h1-10,18H. The monoisotopic (exact) mass is 399 g/mol. The molecule has 0 bridgehead atoms. The maximum Gasteiger partial charge on any atom is 0.261 e. The number of carbonyl (C=O) groups excluding carboxylic acids is 1. The largest absolute Gasteiger partial charge is 0.280 e. The van der Waals surface area contributed by atoms with Crippen molar-refractivity contribution in [1.29, 1.82) is 0 Å². The van der Waals surface area contributed by atoms with Gasteiger partial charge in [0, 0.05) is 10.2 Å². The van der Waals surface area contributed by atoms with E-state index < -0.39 is 15.3 Å². The molecule has 0 saturated heterocycles. The van der Waals surface area contributed by atoms with Gasteiger partial charge in [0.15, 0.2) is 0 Å². The zero-order valence-electron chi connectivity index (χ0n) is 11.2. The third-order valence-corrected chi connectivity index (χ3v) is 4.65. The van der Waals surface area contributed by atoms with Gasteiger partial charge in [-0.15, -0.1) is 0 Å². The summed E-state index contributed by atoms with van der Waals surface area (Å²) in [5, 5.41) is -0.625. The minimum absolute atomic E-state index is 0.0941. The predicted octanol–water partition coefficient (Wildman–Crippen LogP) is 4.03. The highest BCUT2D eigenvalue weighted by atomic mass is 79.9. The molecular formula is C15H11BrClNO3S. The molecule has 22 heavy (non-hydrogen) atoms. The van der Waals surface area contributed by atoms with Gasteiger partial charge in [0.05, 0.1) is 4.90 Å². The van der Waals surface area contributed by atoms with Gasteiger partial charge in [-0.1, -0.05) is 40.2 Å². The Bertz CT molecular complexity index is 834. The molecule has 0 aromatic heterocycles. The molecule has 7 heteroatoms. The first kappa shape index (κ1) is 16.7.